The van der Waals surface area contributed by atoms with Crippen LogP contribution in [0.1, 0.15) is 27.2 Å². The van der Waals surface area contributed by atoms with E-state index < -0.39 is 8.32 Å². The van der Waals surface area contributed by atoms with Gasteiger partial charge >= 0.3 is 5.97 Å². The van der Waals surface area contributed by atoms with Crippen LogP contribution in [-0.4, -0.2) is 52.4 Å². The summed E-state index contributed by atoms with van der Waals surface area (Å²) in [6, 6.07) is 0. The molecule has 2 fully saturated rings. The minimum atomic E-state index is -1.79. The van der Waals surface area contributed by atoms with Crippen molar-refractivity contribution in [1.82, 2.24) is 0 Å². The predicted molar refractivity (Wildman–Crippen MR) is 88.7 cm³/mol. The Balaban J connectivity index is 1.64. The summed E-state index contributed by atoms with van der Waals surface area (Å²) in [5.74, 6) is -0.0629. The zero-order chi connectivity index (χ0) is 17.0. The summed E-state index contributed by atoms with van der Waals surface area (Å²) in [6.07, 6.45) is 2.83. The first-order chi connectivity index (χ1) is 10.6. The molecule has 0 N–H and O–H groups in total. The molecule has 0 aromatic rings. The molecule has 2 aliphatic heterocycles. The summed E-state index contributed by atoms with van der Waals surface area (Å²) < 4.78 is 23.0. The van der Waals surface area contributed by atoms with Crippen molar-refractivity contribution in [2.75, 3.05) is 13.7 Å². The molecule has 0 spiro atoms. The van der Waals surface area contributed by atoms with Crippen LogP contribution in [0.2, 0.25) is 18.1 Å². The van der Waals surface area contributed by atoms with Crippen molar-refractivity contribution < 1.29 is 23.4 Å². The number of rotatable bonds is 4. The topological polar surface area (TPSA) is 57.3 Å². The molecule has 0 aromatic carbocycles. The summed E-state index contributed by atoms with van der Waals surface area (Å²) in [5.41, 5.74) is 0.617. The van der Waals surface area contributed by atoms with Gasteiger partial charge < -0.3 is 18.6 Å². The Kier molecular flexibility index (Phi) is 4.24. The number of carbonyl (C=O) groups is 1. The lowest BCUT2D eigenvalue weighted by atomic mass is 9.85. The molecule has 3 aliphatic rings. The molecular weight excluding hydrogens is 312 g/mol. The summed E-state index contributed by atoms with van der Waals surface area (Å²) in [4.78, 5) is 12.0. The maximum Gasteiger partial charge on any atom is 0.336 e. The lowest BCUT2D eigenvalue weighted by Crippen LogP contribution is -2.42. The summed E-state index contributed by atoms with van der Waals surface area (Å²) >= 11 is 0. The van der Waals surface area contributed by atoms with Gasteiger partial charge in [0.1, 0.15) is 6.10 Å². The Morgan fingerprint density at radius 3 is 2.65 bits per heavy atom. The van der Waals surface area contributed by atoms with E-state index in [2.05, 4.69) is 33.9 Å². The lowest BCUT2D eigenvalue weighted by molar-refractivity contribution is -0.138. The van der Waals surface area contributed by atoms with E-state index >= 15 is 0 Å². The quantitative estimate of drug-likeness (QED) is 0.447. The smallest absolute Gasteiger partial charge is 0.336 e. The van der Waals surface area contributed by atoms with Crippen LogP contribution in [0.5, 0.6) is 0 Å². The molecule has 0 aromatic heterocycles. The molecule has 5 nitrogen and oxygen atoms in total. The van der Waals surface area contributed by atoms with Crippen LogP contribution < -0.4 is 0 Å². The fraction of sp³-hybridized carbons (Fsp3) is 0.824. The Labute approximate surface area is 139 Å². The zero-order valence-electron chi connectivity index (χ0n) is 14.9. The maximum absolute atomic E-state index is 12.0. The number of methoxy groups -OCH3 is 1. The Hall–Kier alpha value is -0.693. The first kappa shape index (κ1) is 17.1. The standard InChI is InChI=1S/C17H28O5Si/c1-17(2,3)23(5,6)20-9-10-7-11-14(21-10)12(16(18)19-4)8-13-15(11)22-13/h8,10-11,13-15H,7,9H2,1-6H3/t10-,11+,13+,14-,15-/m0/s1. The van der Waals surface area contributed by atoms with Gasteiger partial charge in [0.15, 0.2) is 8.32 Å². The first-order valence-corrected chi connectivity index (χ1v) is 11.3. The van der Waals surface area contributed by atoms with Gasteiger partial charge in [-0.1, -0.05) is 20.8 Å². The average molecular weight is 340 g/mol. The first-order valence-electron chi connectivity index (χ1n) is 8.39. The molecule has 2 saturated heterocycles. The molecule has 1 aliphatic carbocycles. The average Bonchev–Trinajstić information content (AvgIpc) is 3.12. The highest BCUT2D eigenvalue weighted by Crippen LogP contribution is 2.48. The Bertz CT molecular complexity index is 522. The number of hydrogen-bond acceptors (Lipinski definition) is 5. The summed E-state index contributed by atoms with van der Waals surface area (Å²) in [5, 5.41) is 0.181. The second-order valence-corrected chi connectivity index (χ2v) is 13.1. The van der Waals surface area contributed by atoms with Gasteiger partial charge in [-0.05, 0) is 30.6 Å². The number of ether oxygens (including phenoxy) is 3. The van der Waals surface area contributed by atoms with Crippen molar-refractivity contribution in [2.45, 2.75) is 69.7 Å². The van der Waals surface area contributed by atoms with Gasteiger partial charge in [-0.15, -0.1) is 0 Å². The zero-order valence-corrected chi connectivity index (χ0v) is 15.9. The third kappa shape index (κ3) is 3.14. The van der Waals surface area contributed by atoms with E-state index in [1.807, 2.05) is 6.08 Å². The number of hydrogen-bond donors (Lipinski definition) is 0. The largest absolute Gasteiger partial charge is 0.466 e. The van der Waals surface area contributed by atoms with Crippen LogP contribution in [0.15, 0.2) is 11.6 Å². The Morgan fingerprint density at radius 2 is 2.04 bits per heavy atom. The molecule has 3 rings (SSSR count). The van der Waals surface area contributed by atoms with Crippen LogP contribution in [0.25, 0.3) is 0 Å². The molecule has 23 heavy (non-hydrogen) atoms. The highest BCUT2D eigenvalue weighted by molar-refractivity contribution is 6.74. The maximum atomic E-state index is 12.0. The Morgan fingerprint density at radius 1 is 1.35 bits per heavy atom. The fourth-order valence-corrected chi connectivity index (χ4v) is 4.25. The summed E-state index contributed by atoms with van der Waals surface area (Å²) in [6.45, 7) is 11.8. The van der Waals surface area contributed by atoms with Crippen LogP contribution in [0.3, 0.4) is 0 Å². The second kappa shape index (κ2) is 5.69. The van der Waals surface area contributed by atoms with E-state index in [4.69, 9.17) is 18.6 Å². The fourth-order valence-electron chi connectivity index (χ4n) is 3.22. The van der Waals surface area contributed by atoms with Crippen molar-refractivity contribution in [3.05, 3.63) is 11.6 Å². The molecule has 0 radical (unpaired) electrons. The van der Waals surface area contributed by atoms with Crippen molar-refractivity contribution in [3.8, 4) is 0 Å². The molecular formula is C17H28O5Si. The van der Waals surface area contributed by atoms with Gasteiger partial charge in [-0.3, -0.25) is 0 Å². The highest BCUT2D eigenvalue weighted by Gasteiger charge is 2.57. The van der Waals surface area contributed by atoms with E-state index in [1.165, 1.54) is 7.11 Å². The van der Waals surface area contributed by atoms with E-state index in [1.54, 1.807) is 0 Å². The minimum absolute atomic E-state index is 0.0233. The molecule has 130 valence electrons. The van der Waals surface area contributed by atoms with Gasteiger partial charge in [0.05, 0.1) is 37.6 Å². The monoisotopic (exact) mass is 340 g/mol. The van der Waals surface area contributed by atoms with E-state index in [0.717, 1.165) is 6.42 Å². The van der Waals surface area contributed by atoms with Crippen molar-refractivity contribution in [2.24, 2.45) is 5.92 Å². The molecule has 2 heterocycles. The predicted octanol–water partition coefficient (Wildman–Crippen LogP) is 2.66. The highest BCUT2D eigenvalue weighted by atomic mass is 28.4. The molecule has 0 saturated carbocycles. The van der Waals surface area contributed by atoms with E-state index in [0.29, 0.717) is 12.2 Å². The number of carbonyl (C=O) groups excluding carboxylic acids is 1. The number of epoxide rings is 1. The van der Waals surface area contributed by atoms with E-state index in [-0.39, 0.29) is 41.3 Å². The second-order valence-electron chi connectivity index (χ2n) is 8.33. The third-order valence-electron chi connectivity index (χ3n) is 5.75. The third-order valence-corrected chi connectivity index (χ3v) is 10.3. The van der Waals surface area contributed by atoms with Crippen molar-refractivity contribution in [1.29, 1.82) is 0 Å². The molecule has 0 unspecified atom stereocenters. The van der Waals surface area contributed by atoms with Crippen LogP contribution in [-0.2, 0) is 23.4 Å². The van der Waals surface area contributed by atoms with E-state index in [9.17, 15) is 4.79 Å². The molecule has 0 amide bonds. The van der Waals surface area contributed by atoms with Crippen LogP contribution in [0.4, 0.5) is 0 Å². The van der Waals surface area contributed by atoms with Gasteiger partial charge in [0.25, 0.3) is 0 Å². The van der Waals surface area contributed by atoms with Gasteiger partial charge in [0, 0.05) is 5.92 Å². The lowest BCUT2D eigenvalue weighted by Gasteiger charge is -2.36. The number of fused-ring (bicyclic) bond motifs is 3. The number of esters is 1. The van der Waals surface area contributed by atoms with Crippen molar-refractivity contribution >= 4 is 14.3 Å². The van der Waals surface area contributed by atoms with Crippen molar-refractivity contribution in [3.63, 3.8) is 0 Å². The molecule has 0 bridgehead atoms. The molecule has 6 heteroatoms. The van der Waals surface area contributed by atoms with Gasteiger partial charge in [0.2, 0.25) is 0 Å². The van der Waals surface area contributed by atoms with Crippen LogP contribution >= 0.6 is 0 Å². The molecule has 5 atom stereocenters. The van der Waals surface area contributed by atoms with Crippen LogP contribution in [0, 0.1) is 5.92 Å². The normalized spacial score (nSPS) is 36.1. The van der Waals surface area contributed by atoms with Gasteiger partial charge in [-0.25, -0.2) is 4.79 Å². The minimum Gasteiger partial charge on any atom is -0.466 e. The summed E-state index contributed by atoms with van der Waals surface area (Å²) in [7, 11) is -0.383. The SMILES string of the molecule is COC(=O)C1=C[C@H]2O[C@H]2[C@@H]2C[C@@H](CO[Si](C)(C)C(C)(C)C)O[C@H]12. The van der Waals surface area contributed by atoms with Gasteiger partial charge in [-0.2, -0.15) is 0 Å².